The lowest BCUT2D eigenvalue weighted by Gasteiger charge is -2.30. The molecular formula is C29H28Cl2N2O. The van der Waals surface area contributed by atoms with Gasteiger partial charge in [0.1, 0.15) is 0 Å². The van der Waals surface area contributed by atoms with Crippen LogP contribution < -0.4 is 10.6 Å². The number of ketones is 1. The standard InChI is InChI=1S/C29H28Cl2N2O/c1-29(2,3)19-13-11-17(12-14-19)18-15-24-26(25(34)16-18)28(20-7-6-8-21(30)27(20)31)33-23-10-5-4-9-22(23)32-24/h4-14,18,28,32-33H,15-16H2,1-3H3. The van der Waals surface area contributed by atoms with E-state index in [0.29, 0.717) is 16.5 Å². The van der Waals surface area contributed by atoms with Crippen LogP contribution in [0, 0.1) is 0 Å². The Labute approximate surface area is 211 Å². The van der Waals surface area contributed by atoms with Crippen LogP contribution in [0.25, 0.3) is 0 Å². The molecule has 34 heavy (non-hydrogen) atoms. The topological polar surface area (TPSA) is 41.1 Å². The lowest BCUT2D eigenvalue weighted by atomic mass is 9.77. The molecule has 0 amide bonds. The van der Waals surface area contributed by atoms with Crippen molar-refractivity contribution in [2.45, 2.75) is 51.0 Å². The summed E-state index contributed by atoms with van der Waals surface area (Å²) >= 11 is 13.0. The second kappa shape index (κ2) is 8.79. The highest BCUT2D eigenvalue weighted by Gasteiger charge is 2.37. The Hall–Kier alpha value is -2.75. The van der Waals surface area contributed by atoms with Crippen LogP contribution in [0.4, 0.5) is 11.4 Å². The minimum absolute atomic E-state index is 0.0955. The SMILES string of the molecule is CC(C)(C)c1ccc(C2CC(=O)C3=C(C2)Nc2ccccc2NC3c2cccc(Cl)c2Cl)cc1. The van der Waals surface area contributed by atoms with Crippen LogP contribution in [0.5, 0.6) is 0 Å². The molecule has 1 aliphatic heterocycles. The van der Waals surface area contributed by atoms with Gasteiger partial charge in [0.05, 0.1) is 27.5 Å². The molecular weight excluding hydrogens is 463 g/mol. The molecule has 5 heteroatoms. The summed E-state index contributed by atoms with van der Waals surface area (Å²) in [6, 6.07) is 22.0. The molecule has 174 valence electrons. The Balaban J connectivity index is 1.58. The summed E-state index contributed by atoms with van der Waals surface area (Å²) in [6.45, 7) is 6.64. The van der Waals surface area contributed by atoms with Crippen molar-refractivity contribution in [3.05, 3.63) is 105 Å². The highest BCUT2D eigenvalue weighted by atomic mass is 35.5. The van der Waals surface area contributed by atoms with Crippen molar-refractivity contribution in [1.82, 2.24) is 0 Å². The third-order valence-corrected chi connectivity index (χ3v) is 7.68. The number of rotatable bonds is 2. The highest BCUT2D eigenvalue weighted by molar-refractivity contribution is 6.42. The second-order valence-electron chi connectivity index (χ2n) is 10.2. The largest absolute Gasteiger partial charge is 0.372 e. The molecule has 0 saturated carbocycles. The number of fused-ring (bicyclic) bond motifs is 1. The normalized spacial score (nSPS) is 20.1. The Kier molecular flexibility index (Phi) is 5.95. The summed E-state index contributed by atoms with van der Waals surface area (Å²) in [5.41, 5.74) is 6.95. The van der Waals surface area contributed by atoms with E-state index >= 15 is 0 Å². The first-order valence-corrected chi connectivity index (χ1v) is 12.4. The number of allylic oxidation sites excluding steroid dienone is 1. The van der Waals surface area contributed by atoms with Gasteiger partial charge >= 0.3 is 0 Å². The van der Waals surface area contributed by atoms with Crippen molar-refractivity contribution in [3.8, 4) is 0 Å². The zero-order chi connectivity index (χ0) is 24.0. The van der Waals surface area contributed by atoms with Gasteiger partial charge in [-0.05, 0) is 52.6 Å². The molecule has 1 heterocycles. The van der Waals surface area contributed by atoms with Crippen molar-refractivity contribution < 1.29 is 4.79 Å². The monoisotopic (exact) mass is 490 g/mol. The molecule has 0 saturated heterocycles. The number of benzene rings is 3. The third kappa shape index (κ3) is 4.23. The van der Waals surface area contributed by atoms with Gasteiger partial charge in [-0.2, -0.15) is 0 Å². The average Bonchev–Trinajstić information content (AvgIpc) is 2.97. The van der Waals surface area contributed by atoms with Crippen LogP contribution in [-0.2, 0) is 10.2 Å². The van der Waals surface area contributed by atoms with Gasteiger partial charge in [-0.1, -0.05) is 92.5 Å². The van der Waals surface area contributed by atoms with Crippen molar-refractivity contribution in [3.63, 3.8) is 0 Å². The summed E-state index contributed by atoms with van der Waals surface area (Å²) in [4.78, 5) is 13.7. The zero-order valence-electron chi connectivity index (χ0n) is 19.6. The Morgan fingerprint density at radius 2 is 1.56 bits per heavy atom. The molecule has 2 N–H and O–H groups in total. The van der Waals surface area contributed by atoms with Crippen molar-refractivity contribution in [2.75, 3.05) is 10.6 Å². The molecule has 2 aliphatic rings. The van der Waals surface area contributed by atoms with E-state index in [1.54, 1.807) is 6.07 Å². The predicted molar refractivity (Wildman–Crippen MR) is 142 cm³/mol. The van der Waals surface area contributed by atoms with Crippen molar-refractivity contribution in [2.24, 2.45) is 0 Å². The molecule has 0 radical (unpaired) electrons. The summed E-state index contributed by atoms with van der Waals surface area (Å²) in [5.74, 6) is 0.244. The first-order chi connectivity index (χ1) is 16.2. The summed E-state index contributed by atoms with van der Waals surface area (Å²) in [5, 5.41) is 8.10. The van der Waals surface area contributed by atoms with E-state index in [2.05, 4.69) is 55.7 Å². The quantitative estimate of drug-likeness (QED) is 0.379. The molecule has 0 bridgehead atoms. The van der Waals surface area contributed by atoms with Crippen LogP contribution in [0.2, 0.25) is 10.0 Å². The fraction of sp³-hybridized carbons (Fsp3) is 0.276. The molecule has 2 unspecified atom stereocenters. The van der Waals surface area contributed by atoms with Crippen LogP contribution >= 0.6 is 23.2 Å². The van der Waals surface area contributed by atoms with Crippen LogP contribution in [-0.4, -0.2) is 5.78 Å². The lowest BCUT2D eigenvalue weighted by molar-refractivity contribution is -0.116. The van der Waals surface area contributed by atoms with Gasteiger partial charge in [-0.3, -0.25) is 4.79 Å². The molecule has 3 aromatic rings. The van der Waals surface area contributed by atoms with Crippen LogP contribution in [0.15, 0.2) is 78.0 Å². The van der Waals surface area contributed by atoms with Gasteiger partial charge in [0.25, 0.3) is 0 Å². The molecule has 0 aromatic heterocycles. The number of halogens is 2. The molecule has 2 atom stereocenters. The van der Waals surface area contributed by atoms with Gasteiger partial charge in [0, 0.05) is 17.7 Å². The molecule has 0 fully saturated rings. The maximum Gasteiger partial charge on any atom is 0.163 e. The minimum atomic E-state index is -0.380. The lowest BCUT2D eigenvalue weighted by Crippen LogP contribution is -2.27. The van der Waals surface area contributed by atoms with Gasteiger partial charge in [-0.15, -0.1) is 0 Å². The molecule has 3 aromatic carbocycles. The summed E-state index contributed by atoms with van der Waals surface area (Å²) < 4.78 is 0. The number of carbonyl (C=O) groups is 1. The molecule has 3 nitrogen and oxygen atoms in total. The Morgan fingerprint density at radius 3 is 2.26 bits per heavy atom. The summed E-state index contributed by atoms with van der Waals surface area (Å²) in [7, 11) is 0. The number of carbonyl (C=O) groups excluding carboxylic acids is 1. The first-order valence-electron chi connectivity index (χ1n) is 11.7. The number of anilines is 2. The highest BCUT2D eigenvalue weighted by Crippen LogP contribution is 2.46. The number of hydrogen-bond donors (Lipinski definition) is 2. The summed E-state index contributed by atoms with van der Waals surface area (Å²) in [6.07, 6.45) is 1.21. The predicted octanol–water partition coefficient (Wildman–Crippen LogP) is 8.27. The number of nitrogens with one attached hydrogen (secondary N) is 2. The van der Waals surface area contributed by atoms with Gasteiger partial charge in [0.2, 0.25) is 0 Å². The first kappa shape index (κ1) is 23.0. The van der Waals surface area contributed by atoms with E-state index in [-0.39, 0.29) is 23.2 Å². The Morgan fingerprint density at radius 1 is 0.853 bits per heavy atom. The van der Waals surface area contributed by atoms with Crippen LogP contribution in [0.3, 0.4) is 0 Å². The average molecular weight is 491 g/mol. The smallest absolute Gasteiger partial charge is 0.163 e. The van der Waals surface area contributed by atoms with Crippen molar-refractivity contribution in [1.29, 1.82) is 0 Å². The second-order valence-corrected chi connectivity index (χ2v) is 11.0. The Bertz CT molecular complexity index is 1290. The fourth-order valence-electron chi connectivity index (χ4n) is 4.96. The van der Waals surface area contributed by atoms with Crippen LogP contribution in [0.1, 0.15) is 62.3 Å². The van der Waals surface area contributed by atoms with Crippen molar-refractivity contribution >= 4 is 40.4 Å². The maximum atomic E-state index is 13.7. The van der Waals surface area contributed by atoms with Gasteiger partial charge in [0.15, 0.2) is 5.78 Å². The maximum absolute atomic E-state index is 13.7. The van der Waals surface area contributed by atoms with E-state index in [4.69, 9.17) is 23.2 Å². The zero-order valence-corrected chi connectivity index (χ0v) is 21.1. The fourth-order valence-corrected chi connectivity index (χ4v) is 5.38. The van der Waals surface area contributed by atoms with E-state index in [1.165, 1.54) is 11.1 Å². The molecule has 5 rings (SSSR count). The minimum Gasteiger partial charge on any atom is -0.372 e. The van der Waals surface area contributed by atoms with E-state index < -0.39 is 0 Å². The van der Waals surface area contributed by atoms with Gasteiger partial charge < -0.3 is 10.6 Å². The number of para-hydroxylation sites is 2. The van der Waals surface area contributed by atoms with Gasteiger partial charge in [-0.25, -0.2) is 0 Å². The molecule has 0 spiro atoms. The van der Waals surface area contributed by atoms with E-state index in [0.717, 1.165) is 34.6 Å². The number of hydrogen-bond acceptors (Lipinski definition) is 3. The van der Waals surface area contributed by atoms with E-state index in [1.807, 2.05) is 36.4 Å². The van der Waals surface area contributed by atoms with E-state index in [9.17, 15) is 4.79 Å². The molecule has 1 aliphatic carbocycles. The third-order valence-electron chi connectivity index (χ3n) is 6.85. The number of Topliss-reactive ketones (excluding diaryl/α,β-unsaturated/α-hetero) is 1.